The molecule has 1 aromatic rings. The van der Waals surface area contributed by atoms with Gasteiger partial charge in [-0.2, -0.15) is 0 Å². The van der Waals surface area contributed by atoms with Gasteiger partial charge in [0.2, 0.25) is 0 Å². The van der Waals surface area contributed by atoms with Crippen LogP contribution >= 0.6 is 0 Å². The normalized spacial score (nSPS) is 20.6. The van der Waals surface area contributed by atoms with Gasteiger partial charge in [0, 0.05) is 12.5 Å². The Morgan fingerprint density at radius 1 is 1.52 bits per heavy atom. The highest BCUT2D eigenvalue weighted by atomic mass is 32.2. The van der Waals surface area contributed by atoms with Crippen LogP contribution in [0, 0.1) is 5.92 Å². The van der Waals surface area contributed by atoms with E-state index in [1.54, 1.807) is 0 Å². The number of hydrogen-bond donors (Lipinski definition) is 2. The Hall–Kier alpha value is -1.70. The van der Waals surface area contributed by atoms with Crippen molar-refractivity contribution in [2.75, 3.05) is 23.4 Å². The van der Waals surface area contributed by atoms with Crippen LogP contribution in [-0.4, -0.2) is 47.5 Å². The number of nitrogens with one attached hydrogen (secondary N) is 1. The summed E-state index contributed by atoms with van der Waals surface area (Å²) < 4.78 is 22.8. The van der Waals surface area contributed by atoms with E-state index in [2.05, 4.69) is 15.3 Å². The lowest BCUT2D eigenvalue weighted by Gasteiger charge is -2.13. The Bertz CT molecular complexity index is 643. The average Bonchev–Trinajstić information content (AvgIpc) is 2.75. The van der Waals surface area contributed by atoms with Crippen LogP contribution in [0.3, 0.4) is 0 Å². The summed E-state index contributed by atoms with van der Waals surface area (Å²) >= 11 is 0. The van der Waals surface area contributed by atoms with Gasteiger partial charge in [-0.25, -0.2) is 23.2 Å². The maximum absolute atomic E-state index is 11.4. The van der Waals surface area contributed by atoms with E-state index >= 15 is 0 Å². The summed E-state index contributed by atoms with van der Waals surface area (Å²) in [4.78, 5) is 19.5. The molecule has 2 heterocycles. The molecule has 0 radical (unpaired) electrons. The number of hydrogen-bond acceptors (Lipinski definition) is 6. The van der Waals surface area contributed by atoms with Crippen molar-refractivity contribution >= 4 is 21.5 Å². The van der Waals surface area contributed by atoms with Crippen LogP contribution in [0.4, 0.5) is 5.69 Å². The smallest absolute Gasteiger partial charge is 0.356 e. The van der Waals surface area contributed by atoms with Crippen LogP contribution in [0.25, 0.3) is 0 Å². The van der Waals surface area contributed by atoms with Crippen molar-refractivity contribution in [2.45, 2.75) is 26.2 Å². The van der Waals surface area contributed by atoms with E-state index in [0.717, 1.165) is 0 Å². The number of anilines is 1. The van der Waals surface area contributed by atoms with Crippen LogP contribution in [0.2, 0.25) is 0 Å². The molecule has 8 heteroatoms. The monoisotopic (exact) mass is 313 g/mol. The summed E-state index contributed by atoms with van der Waals surface area (Å²) in [5.41, 5.74) is 0.255. The largest absolute Gasteiger partial charge is 0.476 e. The minimum absolute atomic E-state index is 0.00131. The predicted octanol–water partition coefficient (Wildman–Crippen LogP) is 1.14. The van der Waals surface area contributed by atoms with E-state index in [9.17, 15) is 18.3 Å². The number of nitrogens with zero attached hydrogens (tertiary/aromatic N) is 2. The minimum Gasteiger partial charge on any atom is -0.476 e. The molecule has 1 atom stereocenters. The number of sulfone groups is 1. The second kappa shape index (κ2) is 5.97. The molecule has 0 aromatic carbocycles. The van der Waals surface area contributed by atoms with Gasteiger partial charge in [-0.1, -0.05) is 13.8 Å². The fraction of sp³-hybridized carbons (Fsp3) is 0.615. The van der Waals surface area contributed by atoms with E-state index < -0.39 is 15.8 Å². The molecule has 21 heavy (non-hydrogen) atoms. The van der Waals surface area contributed by atoms with Crippen molar-refractivity contribution in [1.82, 2.24) is 9.97 Å². The number of carboxylic acid groups (broad SMARTS) is 1. The number of aromatic carboxylic acids is 1. The highest BCUT2D eigenvalue weighted by molar-refractivity contribution is 7.91. The lowest BCUT2D eigenvalue weighted by atomic mass is 10.1. The molecule has 0 saturated carbocycles. The summed E-state index contributed by atoms with van der Waals surface area (Å²) in [6, 6.07) is 0. The second-order valence-corrected chi connectivity index (χ2v) is 7.83. The van der Waals surface area contributed by atoms with Crippen molar-refractivity contribution in [3.8, 4) is 0 Å². The SMILES string of the molecule is CC(C)c1ncc(NCC2CCS(=O)(=O)C2)c(C(=O)O)n1. The van der Waals surface area contributed by atoms with Gasteiger partial charge in [0.25, 0.3) is 0 Å². The lowest BCUT2D eigenvalue weighted by Crippen LogP contribution is -2.18. The van der Waals surface area contributed by atoms with Crippen LogP contribution in [0.5, 0.6) is 0 Å². The molecule has 1 saturated heterocycles. The Kier molecular flexibility index (Phi) is 4.46. The fourth-order valence-electron chi connectivity index (χ4n) is 2.25. The van der Waals surface area contributed by atoms with E-state index in [1.165, 1.54) is 6.20 Å². The molecular weight excluding hydrogens is 294 g/mol. The Morgan fingerprint density at radius 2 is 2.24 bits per heavy atom. The molecule has 2 rings (SSSR count). The van der Waals surface area contributed by atoms with Gasteiger partial charge in [0.15, 0.2) is 15.5 Å². The minimum atomic E-state index is -2.93. The van der Waals surface area contributed by atoms with Crippen molar-refractivity contribution < 1.29 is 18.3 Å². The van der Waals surface area contributed by atoms with Crippen LogP contribution < -0.4 is 5.32 Å². The lowest BCUT2D eigenvalue weighted by molar-refractivity contribution is 0.0691. The van der Waals surface area contributed by atoms with Crippen molar-refractivity contribution in [3.05, 3.63) is 17.7 Å². The van der Waals surface area contributed by atoms with Crippen LogP contribution in [-0.2, 0) is 9.84 Å². The van der Waals surface area contributed by atoms with Crippen molar-refractivity contribution in [3.63, 3.8) is 0 Å². The zero-order valence-corrected chi connectivity index (χ0v) is 12.9. The molecule has 1 aliphatic rings. The molecule has 0 aliphatic carbocycles. The fourth-order valence-corrected chi connectivity index (χ4v) is 4.12. The Morgan fingerprint density at radius 3 is 2.76 bits per heavy atom. The van der Waals surface area contributed by atoms with Crippen molar-refractivity contribution in [1.29, 1.82) is 0 Å². The number of aromatic nitrogens is 2. The standard InChI is InChI=1S/C13H19N3O4S/c1-8(2)12-15-6-10(11(16-12)13(17)18)14-5-9-3-4-21(19,20)7-9/h6,8-9,14H,3-5,7H2,1-2H3,(H,17,18). The molecule has 1 aromatic heterocycles. The maximum Gasteiger partial charge on any atom is 0.356 e. The summed E-state index contributed by atoms with van der Waals surface area (Å²) in [5.74, 6) is -0.262. The van der Waals surface area contributed by atoms with Gasteiger partial charge in [-0.05, 0) is 12.3 Å². The topological polar surface area (TPSA) is 109 Å². The third-order valence-electron chi connectivity index (χ3n) is 3.43. The molecule has 0 spiro atoms. The number of rotatable bonds is 5. The highest BCUT2D eigenvalue weighted by Gasteiger charge is 2.28. The summed E-state index contributed by atoms with van der Waals surface area (Å²) in [5, 5.41) is 12.2. The molecule has 1 aliphatic heterocycles. The van der Waals surface area contributed by atoms with Gasteiger partial charge >= 0.3 is 5.97 Å². The average molecular weight is 313 g/mol. The third kappa shape index (κ3) is 3.90. The summed E-state index contributed by atoms with van der Waals surface area (Å²) in [7, 11) is -2.93. The van der Waals surface area contributed by atoms with E-state index in [1.807, 2.05) is 13.8 Å². The molecule has 1 fully saturated rings. The molecular formula is C13H19N3O4S. The Labute approximate surface area is 123 Å². The van der Waals surface area contributed by atoms with Gasteiger partial charge in [-0.3, -0.25) is 0 Å². The maximum atomic E-state index is 11.4. The Balaban J connectivity index is 2.11. The molecule has 116 valence electrons. The summed E-state index contributed by atoms with van der Waals surface area (Å²) in [6.07, 6.45) is 2.05. The number of carbonyl (C=O) groups is 1. The first-order chi connectivity index (χ1) is 9.78. The summed E-state index contributed by atoms with van der Waals surface area (Å²) in [6.45, 7) is 4.18. The van der Waals surface area contributed by atoms with Crippen molar-refractivity contribution in [2.24, 2.45) is 5.92 Å². The van der Waals surface area contributed by atoms with E-state index in [4.69, 9.17) is 0 Å². The first-order valence-corrected chi connectivity index (χ1v) is 8.65. The second-order valence-electron chi connectivity index (χ2n) is 5.60. The zero-order valence-electron chi connectivity index (χ0n) is 12.0. The third-order valence-corrected chi connectivity index (χ3v) is 5.27. The molecule has 0 amide bonds. The van der Waals surface area contributed by atoms with Gasteiger partial charge < -0.3 is 10.4 Å². The van der Waals surface area contributed by atoms with Gasteiger partial charge in [0.05, 0.1) is 23.4 Å². The molecule has 0 bridgehead atoms. The predicted molar refractivity (Wildman–Crippen MR) is 78.3 cm³/mol. The zero-order chi connectivity index (χ0) is 15.6. The van der Waals surface area contributed by atoms with Crippen LogP contribution in [0.15, 0.2) is 6.20 Å². The molecule has 2 N–H and O–H groups in total. The van der Waals surface area contributed by atoms with E-state index in [-0.39, 0.29) is 29.0 Å². The van der Waals surface area contributed by atoms with E-state index in [0.29, 0.717) is 24.5 Å². The van der Waals surface area contributed by atoms with Crippen LogP contribution in [0.1, 0.15) is 42.5 Å². The molecule has 7 nitrogen and oxygen atoms in total. The first kappa shape index (κ1) is 15.7. The quantitative estimate of drug-likeness (QED) is 0.839. The highest BCUT2D eigenvalue weighted by Crippen LogP contribution is 2.21. The van der Waals surface area contributed by atoms with Gasteiger partial charge in [0.1, 0.15) is 5.82 Å². The molecule has 1 unspecified atom stereocenters. The number of carboxylic acids is 1. The van der Waals surface area contributed by atoms with Gasteiger partial charge in [-0.15, -0.1) is 0 Å². The first-order valence-electron chi connectivity index (χ1n) is 6.83.